The summed E-state index contributed by atoms with van der Waals surface area (Å²) in [7, 11) is 0. The van der Waals surface area contributed by atoms with Crippen LogP contribution < -0.4 is 5.32 Å². The molecule has 0 unspecified atom stereocenters. The van der Waals surface area contributed by atoms with Gasteiger partial charge in [0, 0.05) is 6.42 Å². The van der Waals surface area contributed by atoms with E-state index in [9.17, 15) is 9.59 Å². The SMILES string of the molecule is CC(C)=C1NC(=O)C(=C2C=CC[C@H](C)O2)C1=O. The molecule has 0 aliphatic carbocycles. The van der Waals surface area contributed by atoms with Crippen molar-refractivity contribution in [2.45, 2.75) is 33.3 Å². The third-order valence-corrected chi connectivity index (χ3v) is 2.73. The van der Waals surface area contributed by atoms with Crippen LogP contribution in [0.3, 0.4) is 0 Å². The lowest BCUT2D eigenvalue weighted by atomic mass is 10.1. The highest BCUT2D eigenvalue weighted by Crippen LogP contribution is 2.25. The molecule has 0 aromatic carbocycles. The first-order valence-corrected chi connectivity index (χ1v) is 5.61. The van der Waals surface area contributed by atoms with Crippen molar-refractivity contribution in [1.82, 2.24) is 5.32 Å². The van der Waals surface area contributed by atoms with Crippen LogP contribution >= 0.6 is 0 Å². The van der Waals surface area contributed by atoms with E-state index in [2.05, 4.69) is 5.32 Å². The Balaban J connectivity index is 2.47. The Morgan fingerprint density at radius 2 is 2.12 bits per heavy atom. The highest BCUT2D eigenvalue weighted by atomic mass is 16.5. The van der Waals surface area contributed by atoms with E-state index in [1.54, 1.807) is 19.9 Å². The fraction of sp³-hybridized carbons (Fsp3) is 0.385. The van der Waals surface area contributed by atoms with Gasteiger partial charge in [-0.05, 0) is 32.4 Å². The van der Waals surface area contributed by atoms with Crippen LogP contribution in [-0.2, 0) is 14.3 Å². The molecule has 0 spiro atoms. The van der Waals surface area contributed by atoms with Crippen LogP contribution in [0.15, 0.2) is 34.8 Å². The number of carbonyl (C=O) groups excluding carboxylic acids is 2. The second kappa shape index (κ2) is 4.20. The molecule has 2 rings (SSSR count). The van der Waals surface area contributed by atoms with Gasteiger partial charge in [-0.15, -0.1) is 0 Å². The third-order valence-electron chi connectivity index (χ3n) is 2.73. The van der Waals surface area contributed by atoms with Gasteiger partial charge in [0.1, 0.15) is 11.3 Å². The number of carbonyl (C=O) groups is 2. The second-order valence-electron chi connectivity index (χ2n) is 4.46. The molecular weight excluding hydrogens is 218 g/mol. The predicted molar refractivity (Wildman–Crippen MR) is 62.9 cm³/mol. The van der Waals surface area contributed by atoms with Crippen LogP contribution in [0.25, 0.3) is 0 Å². The summed E-state index contributed by atoms with van der Waals surface area (Å²) in [6.07, 6.45) is 4.40. The monoisotopic (exact) mass is 233 g/mol. The Labute approximate surface area is 100 Å². The minimum Gasteiger partial charge on any atom is -0.489 e. The van der Waals surface area contributed by atoms with Crippen molar-refractivity contribution in [3.63, 3.8) is 0 Å². The first kappa shape index (κ1) is 11.6. The molecule has 4 nitrogen and oxygen atoms in total. The highest BCUT2D eigenvalue weighted by molar-refractivity contribution is 6.32. The molecule has 0 aromatic heterocycles. The summed E-state index contributed by atoms with van der Waals surface area (Å²) >= 11 is 0. The van der Waals surface area contributed by atoms with E-state index < -0.39 is 0 Å². The van der Waals surface area contributed by atoms with Crippen molar-refractivity contribution in [2.75, 3.05) is 0 Å². The van der Waals surface area contributed by atoms with Crippen LogP contribution in [0.2, 0.25) is 0 Å². The molecule has 2 heterocycles. The van der Waals surface area contributed by atoms with Gasteiger partial charge in [0.05, 0.1) is 11.8 Å². The van der Waals surface area contributed by atoms with Gasteiger partial charge in [-0.1, -0.05) is 6.08 Å². The van der Waals surface area contributed by atoms with Crippen molar-refractivity contribution in [1.29, 1.82) is 0 Å². The maximum Gasteiger partial charge on any atom is 0.263 e. The summed E-state index contributed by atoms with van der Waals surface area (Å²) < 4.78 is 5.53. The smallest absolute Gasteiger partial charge is 0.263 e. The lowest BCUT2D eigenvalue weighted by Gasteiger charge is -2.18. The normalized spacial score (nSPS) is 28.2. The Hall–Kier alpha value is -1.84. The van der Waals surface area contributed by atoms with E-state index in [-0.39, 0.29) is 23.4 Å². The van der Waals surface area contributed by atoms with Gasteiger partial charge in [0.15, 0.2) is 0 Å². The van der Waals surface area contributed by atoms with Gasteiger partial charge in [-0.2, -0.15) is 0 Å². The lowest BCUT2D eigenvalue weighted by molar-refractivity contribution is -0.117. The molecule has 17 heavy (non-hydrogen) atoms. The van der Waals surface area contributed by atoms with E-state index in [0.717, 1.165) is 12.0 Å². The Kier molecular flexibility index (Phi) is 2.88. The zero-order chi connectivity index (χ0) is 12.6. The molecule has 90 valence electrons. The van der Waals surface area contributed by atoms with Crippen molar-refractivity contribution in [3.8, 4) is 0 Å². The Morgan fingerprint density at radius 3 is 2.65 bits per heavy atom. The van der Waals surface area contributed by atoms with Gasteiger partial charge in [-0.3, -0.25) is 9.59 Å². The Morgan fingerprint density at radius 1 is 1.41 bits per heavy atom. The minimum atomic E-state index is -0.375. The van der Waals surface area contributed by atoms with Gasteiger partial charge in [0.25, 0.3) is 5.91 Å². The molecule has 1 saturated heterocycles. The van der Waals surface area contributed by atoms with Crippen LogP contribution in [0.4, 0.5) is 0 Å². The number of Topliss-reactive ketones (excluding diaryl/α,β-unsaturated/α-hetero) is 1. The molecule has 1 fully saturated rings. The maximum atomic E-state index is 12.1. The first-order chi connectivity index (χ1) is 8.00. The van der Waals surface area contributed by atoms with Crippen LogP contribution in [0, 0.1) is 0 Å². The zero-order valence-corrected chi connectivity index (χ0v) is 10.2. The Bertz CT molecular complexity index is 479. The van der Waals surface area contributed by atoms with Crippen molar-refractivity contribution in [3.05, 3.63) is 34.8 Å². The molecule has 0 bridgehead atoms. The number of hydrogen-bond donors (Lipinski definition) is 1. The summed E-state index contributed by atoms with van der Waals surface area (Å²) in [4.78, 5) is 23.8. The van der Waals surface area contributed by atoms with Gasteiger partial charge >= 0.3 is 0 Å². The standard InChI is InChI=1S/C13H15NO3/c1-7(2)11-12(15)10(13(16)14-11)9-6-4-5-8(3)17-9/h4,6,8H,5H2,1-3H3,(H,14,16)/t8-/m0/s1. The van der Waals surface area contributed by atoms with E-state index in [1.807, 2.05) is 13.0 Å². The zero-order valence-electron chi connectivity index (χ0n) is 10.2. The fourth-order valence-corrected chi connectivity index (χ4v) is 1.85. The topological polar surface area (TPSA) is 55.4 Å². The quantitative estimate of drug-likeness (QED) is 0.510. The van der Waals surface area contributed by atoms with E-state index in [1.165, 1.54) is 0 Å². The molecule has 0 aromatic rings. The number of amides is 1. The summed E-state index contributed by atoms with van der Waals surface area (Å²) in [6, 6.07) is 0. The maximum absolute atomic E-state index is 12.1. The number of rotatable bonds is 0. The van der Waals surface area contributed by atoms with Gasteiger partial charge < -0.3 is 10.1 Å². The second-order valence-corrected chi connectivity index (χ2v) is 4.46. The summed E-state index contributed by atoms with van der Waals surface area (Å²) in [5.74, 6) is -0.272. The highest BCUT2D eigenvalue weighted by Gasteiger charge is 2.35. The molecule has 0 saturated carbocycles. The summed E-state index contributed by atoms with van der Waals surface area (Å²) in [5.41, 5.74) is 1.28. The van der Waals surface area contributed by atoms with Crippen LogP contribution in [-0.4, -0.2) is 17.8 Å². The van der Waals surface area contributed by atoms with E-state index >= 15 is 0 Å². The summed E-state index contributed by atoms with van der Waals surface area (Å²) in [6.45, 7) is 5.49. The molecule has 2 aliphatic rings. The third kappa shape index (κ3) is 2.02. The molecule has 4 heteroatoms. The fourth-order valence-electron chi connectivity index (χ4n) is 1.85. The number of ether oxygens (including phenoxy) is 1. The van der Waals surface area contributed by atoms with E-state index in [0.29, 0.717) is 11.5 Å². The van der Waals surface area contributed by atoms with Gasteiger partial charge in [-0.25, -0.2) is 0 Å². The molecule has 2 aliphatic heterocycles. The average molecular weight is 233 g/mol. The van der Waals surface area contributed by atoms with Crippen LogP contribution in [0.1, 0.15) is 27.2 Å². The first-order valence-electron chi connectivity index (χ1n) is 5.61. The molecule has 1 N–H and O–H groups in total. The van der Waals surface area contributed by atoms with Crippen molar-refractivity contribution >= 4 is 11.7 Å². The van der Waals surface area contributed by atoms with Crippen molar-refractivity contribution in [2.24, 2.45) is 0 Å². The molecule has 1 atom stereocenters. The predicted octanol–water partition coefficient (Wildman–Crippen LogP) is 1.60. The largest absolute Gasteiger partial charge is 0.489 e. The van der Waals surface area contributed by atoms with Gasteiger partial charge in [0.2, 0.25) is 5.78 Å². The van der Waals surface area contributed by atoms with E-state index in [4.69, 9.17) is 4.74 Å². The number of nitrogens with one attached hydrogen (secondary N) is 1. The number of hydrogen-bond acceptors (Lipinski definition) is 3. The van der Waals surface area contributed by atoms with Crippen LogP contribution in [0.5, 0.6) is 0 Å². The minimum absolute atomic E-state index is 0.00106. The van der Waals surface area contributed by atoms with Crippen molar-refractivity contribution < 1.29 is 14.3 Å². The molecule has 1 amide bonds. The summed E-state index contributed by atoms with van der Waals surface area (Å²) in [5, 5.41) is 2.58. The molecular formula is C13H15NO3. The average Bonchev–Trinajstić information content (AvgIpc) is 2.54. The number of allylic oxidation sites excluding steroid dienone is 3. The number of ketones is 1. The molecule has 0 radical (unpaired) electrons. The lowest BCUT2D eigenvalue weighted by Crippen LogP contribution is -2.17.